The van der Waals surface area contributed by atoms with Gasteiger partial charge < -0.3 is 14.2 Å². The minimum absolute atomic E-state index is 0.0540. The van der Waals surface area contributed by atoms with E-state index in [2.05, 4.69) is 0 Å². The lowest BCUT2D eigenvalue weighted by Crippen LogP contribution is -2.51. The number of amides is 1. The van der Waals surface area contributed by atoms with Crippen LogP contribution in [0.5, 0.6) is 5.75 Å². The third kappa shape index (κ3) is 5.57. The topological polar surface area (TPSA) is 82.1 Å². The number of rotatable bonds is 7. The molecule has 2 aromatic rings. The Labute approximate surface area is 170 Å². The van der Waals surface area contributed by atoms with Crippen LogP contribution in [-0.4, -0.2) is 49.2 Å². The van der Waals surface area contributed by atoms with Crippen LogP contribution in [0.3, 0.4) is 0 Å². The van der Waals surface area contributed by atoms with Crippen LogP contribution >= 0.6 is 0 Å². The molecule has 0 aliphatic carbocycles. The van der Waals surface area contributed by atoms with Gasteiger partial charge in [-0.3, -0.25) is 4.90 Å². The van der Waals surface area contributed by atoms with E-state index in [9.17, 15) is 14.4 Å². The maximum atomic E-state index is 13.0. The fourth-order valence-corrected chi connectivity index (χ4v) is 2.95. The fourth-order valence-electron chi connectivity index (χ4n) is 2.95. The van der Waals surface area contributed by atoms with Crippen LogP contribution in [0.2, 0.25) is 0 Å². The van der Waals surface area contributed by atoms with Gasteiger partial charge in [0.2, 0.25) is 0 Å². The summed E-state index contributed by atoms with van der Waals surface area (Å²) in [6.07, 6.45) is -0.498. The van der Waals surface area contributed by atoms with Crippen molar-refractivity contribution in [2.75, 3.05) is 14.2 Å². The lowest BCUT2D eigenvalue weighted by molar-refractivity contribution is -0.146. The summed E-state index contributed by atoms with van der Waals surface area (Å²) in [6, 6.07) is 14.3. The molecule has 0 heterocycles. The molecule has 0 saturated carbocycles. The molecule has 0 N–H and O–H groups in total. The van der Waals surface area contributed by atoms with Crippen LogP contribution in [0.1, 0.15) is 29.8 Å². The first-order valence-corrected chi connectivity index (χ1v) is 9.18. The van der Waals surface area contributed by atoms with E-state index < -0.39 is 24.1 Å². The Morgan fingerprint density at radius 3 is 2.10 bits per heavy atom. The Bertz CT molecular complexity index is 849. The van der Waals surface area contributed by atoms with Gasteiger partial charge >= 0.3 is 18.0 Å². The van der Waals surface area contributed by atoms with E-state index in [1.165, 1.54) is 31.3 Å². The summed E-state index contributed by atoms with van der Waals surface area (Å²) in [4.78, 5) is 38.8. The molecule has 7 heteroatoms. The van der Waals surface area contributed by atoms with Gasteiger partial charge in [0.15, 0.2) is 0 Å². The van der Waals surface area contributed by atoms with Crippen molar-refractivity contribution >= 4 is 18.0 Å². The summed E-state index contributed by atoms with van der Waals surface area (Å²) in [5.41, 5.74) is 0.987. The number of esters is 2. The second-order valence-electron chi connectivity index (χ2n) is 6.59. The molecule has 0 fully saturated rings. The Balaban J connectivity index is 2.34. The number of hydrogen-bond donors (Lipinski definition) is 0. The van der Waals surface area contributed by atoms with Crippen LogP contribution in [0.4, 0.5) is 4.79 Å². The van der Waals surface area contributed by atoms with Crippen LogP contribution < -0.4 is 4.74 Å². The van der Waals surface area contributed by atoms with Gasteiger partial charge in [0.1, 0.15) is 17.4 Å². The summed E-state index contributed by atoms with van der Waals surface area (Å²) >= 11 is 0. The summed E-state index contributed by atoms with van der Waals surface area (Å²) in [7, 11) is 2.52. The van der Waals surface area contributed by atoms with Gasteiger partial charge in [0.05, 0.1) is 14.2 Å². The summed E-state index contributed by atoms with van der Waals surface area (Å²) < 4.78 is 15.1. The van der Waals surface area contributed by atoms with E-state index in [4.69, 9.17) is 14.2 Å². The molecular formula is C22H25NO6. The van der Waals surface area contributed by atoms with E-state index in [1.807, 2.05) is 30.3 Å². The highest BCUT2D eigenvalue weighted by molar-refractivity contribution is 5.93. The molecule has 0 radical (unpaired) electrons. The number of nitrogens with zero attached hydrogens (tertiary/aromatic N) is 1. The standard InChI is InChI=1S/C22H25NO6/c1-15(2)23(18(21(25)28-4)14-16-10-6-5-7-11-16)22(26)29-19-13-9-8-12-17(19)20(24)27-3/h5-13,15,18H,14H2,1-4H3. The van der Waals surface area contributed by atoms with Crippen molar-refractivity contribution < 1.29 is 28.6 Å². The number of carbonyl (C=O) groups excluding carboxylic acids is 3. The van der Waals surface area contributed by atoms with Crippen molar-refractivity contribution in [2.45, 2.75) is 32.4 Å². The van der Waals surface area contributed by atoms with Crippen LogP contribution in [0.25, 0.3) is 0 Å². The molecule has 29 heavy (non-hydrogen) atoms. The van der Waals surface area contributed by atoms with Crippen LogP contribution in [-0.2, 0) is 20.7 Å². The van der Waals surface area contributed by atoms with Gasteiger partial charge in [-0.05, 0) is 31.5 Å². The zero-order chi connectivity index (χ0) is 21.4. The molecule has 0 aliphatic heterocycles. The van der Waals surface area contributed by atoms with Crippen molar-refractivity contribution in [3.63, 3.8) is 0 Å². The highest BCUT2D eigenvalue weighted by Gasteiger charge is 2.34. The third-order valence-corrected chi connectivity index (χ3v) is 4.34. The lowest BCUT2D eigenvalue weighted by Gasteiger charge is -2.32. The predicted octanol–water partition coefficient (Wildman–Crippen LogP) is 3.47. The highest BCUT2D eigenvalue weighted by atomic mass is 16.6. The van der Waals surface area contributed by atoms with Gasteiger partial charge in [-0.25, -0.2) is 14.4 Å². The molecule has 0 aromatic heterocycles. The average molecular weight is 399 g/mol. The number of benzene rings is 2. The first kappa shape index (κ1) is 21.9. The molecule has 2 aromatic carbocycles. The largest absolute Gasteiger partial charge is 0.467 e. The normalized spacial score (nSPS) is 11.5. The minimum atomic E-state index is -0.889. The molecule has 154 valence electrons. The zero-order valence-electron chi connectivity index (χ0n) is 17.0. The van der Waals surface area contributed by atoms with Gasteiger partial charge in [0, 0.05) is 12.5 Å². The number of carbonyl (C=O) groups is 3. The number of hydrogen-bond acceptors (Lipinski definition) is 6. The Hall–Kier alpha value is -3.35. The van der Waals surface area contributed by atoms with E-state index in [0.29, 0.717) is 0 Å². The van der Waals surface area contributed by atoms with E-state index in [0.717, 1.165) is 5.56 Å². The second kappa shape index (κ2) is 10.3. The van der Waals surface area contributed by atoms with Crippen molar-refractivity contribution in [3.05, 3.63) is 65.7 Å². The Morgan fingerprint density at radius 2 is 1.52 bits per heavy atom. The average Bonchev–Trinajstić information content (AvgIpc) is 2.73. The number of methoxy groups -OCH3 is 2. The molecule has 0 saturated heterocycles. The Morgan fingerprint density at radius 1 is 0.897 bits per heavy atom. The molecule has 1 amide bonds. The molecular weight excluding hydrogens is 374 g/mol. The van der Waals surface area contributed by atoms with Gasteiger partial charge in [0.25, 0.3) is 0 Å². The Kier molecular flexibility index (Phi) is 7.77. The third-order valence-electron chi connectivity index (χ3n) is 4.34. The summed E-state index contributed by atoms with van der Waals surface area (Å²) in [5, 5.41) is 0. The quantitative estimate of drug-likeness (QED) is 0.663. The molecule has 0 spiro atoms. The van der Waals surface area contributed by atoms with Crippen LogP contribution in [0.15, 0.2) is 54.6 Å². The first-order valence-electron chi connectivity index (χ1n) is 9.18. The minimum Gasteiger partial charge on any atom is -0.467 e. The predicted molar refractivity (Wildman–Crippen MR) is 107 cm³/mol. The second-order valence-corrected chi connectivity index (χ2v) is 6.59. The van der Waals surface area contributed by atoms with Crippen molar-refractivity contribution in [2.24, 2.45) is 0 Å². The van der Waals surface area contributed by atoms with Gasteiger partial charge in [-0.15, -0.1) is 0 Å². The molecule has 0 bridgehead atoms. The maximum Gasteiger partial charge on any atom is 0.416 e. The smallest absolute Gasteiger partial charge is 0.416 e. The van der Waals surface area contributed by atoms with Gasteiger partial charge in [-0.1, -0.05) is 42.5 Å². The first-order chi connectivity index (χ1) is 13.9. The highest BCUT2D eigenvalue weighted by Crippen LogP contribution is 2.22. The van der Waals surface area contributed by atoms with Crippen molar-refractivity contribution in [1.82, 2.24) is 4.90 Å². The molecule has 7 nitrogen and oxygen atoms in total. The van der Waals surface area contributed by atoms with Crippen molar-refractivity contribution in [1.29, 1.82) is 0 Å². The van der Waals surface area contributed by atoms with E-state index in [1.54, 1.807) is 26.0 Å². The SMILES string of the molecule is COC(=O)c1ccccc1OC(=O)N(C(C)C)C(Cc1ccccc1)C(=O)OC. The zero-order valence-corrected chi connectivity index (χ0v) is 17.0. The molecule has 1 atom stereocenters. The van der Waals surface area contributed by atoms with Crippen LogP contribution in [0, 0.1) is 0 Å². The van der Waals surface area contributed by atoms with E-state index >= 15 is 0 Å². The lowest BCUT2D eigenvalue weighted by atomic mass is 10.0. The number of ether oxygens (including phenoxy) is 3. The van der Waals surface area contributed by atoms with Crippen molar-refractivity contribution in [3.8, 4) is 5.75 Å². The summed E-state index contributed by atoms with van der Waals surface area (Å²) in [6.45, 7) is 3.54. The molecule has 0 aliphatic rings. The monoisotopic (exact) mass is 399 g/mol. The molecule has 1 unspecified atom stereocenters. The maximum absolute atomic E-state index is 13.0. The number of para-hydroxylation sites is 1. The molecule has 2 rings (SSSR count). The summed E-state index contributed by atoms with van der Waals surface area (Å²) in [5.74, 6) is -1.13. The fraction of sp³-hybridized carbons (Fsp3) is 0.318. The van der Waals surface area contributed by atoms with E-state index in [-0.39, 0.29) is 23.8 Å². The van der Waals surface area contributed by atoms with Gasteiger partial charge in [-0.2, -0.15) is 0 Å².